The number of benzene rings is 2. The minimum absolute atomic E-state index is 0.0755. The van der Waals surface area contributed by atoms with Crippen LogP contribution in [0.2, 0.25) is 0 Å². The van der Waals surface area contributed by atoms with E-state index in [1.165, 1.54) is 22.2 Å². The van der Waals surface area contributed by atoms with Crippen LogP contribution in [-0.4, -0.2) is 60.7 Å². The van der Waals surface area contributed by atoms with E-state index in [9.17, 15) is 18.0 Å². The molecule has 0 aliphatic heterocycles. The summed E-state index contributed by atoms with van der Waals surface area (Å²) in [5.74, 6) is 6.41. The average molecular weight is 601 g/mol. The van der Waals surface area contributed by atoms with Gasteiger partial charge in [-0.25, -0.2) is 4.58 Å². The lowest BCUT2D eigenvalue weighted by Crippen LogP contribution is -2.29. The number of rotatable bonds is 9. The van der Waals surface area contributed by atoms with Crippen molar-refractivity contribution < 1.29 is 27.3 Å². The number of hydrogen-bond acceptors (Lipinski definition) is 5. The van der Waals surface area contributed by atoms with Crippen LogP contribution in [0, 0.1) is 11.8 Å². The summed E-state index contributed by atoms with van der Waals surface area (Å²) in [6, 6.07) is 12.9. The Balaban J connectivity index is 1.52. The molecule has 2 aromatic carbocycles. The van der Waals surface area contributed by atoms with Crippen molar-refractivity contribution in [3.63, 3.8) is 0 Å². The minimum atomic E-state index is -4.39. The largest absolute Gasteiger partial charge is 0.495 e. The second-order valence-electron chi connectivity index (χ2n) is 10.3. The van der Waals surface area contributed by atoms with Gasteiger partial charge in [-0.3, -0.25) is 9.52 Å². The summed E-state index contributed by atoms with van der Waals surface area (Å²) in [6.45, 7) is 0.852. The van der Waals surface area contributed by atoms with Crippen LogP contribution >= 0.6 is 11.9 Å². The number of fused-ring (bicyclic) bond motifs is 1. The summed E-state index contributed by atoms with van der Waals surface area (Å²) in [6.07, 6.45) is -0.0542. The molecular weight excluding hydrogens is 563 g/mol. The van der Waals surface area contributed by atoms with Crippen LogP contribution in [0.15, 0.2) is 47.4 Å². The first kappa shape index (κ1) is 31.2. The molecule has 224 valence electrons. The zero-order chi connectivity index (χ0) is 30.3. The standard InChI is InChI=1S/C31H36F3N5O2S/c1-5-30(40)37-42-24-15-16-27(29(19-24)41-4)35-17-7-8-23-18-25-26(36-21-11-13-22(14-12-21)38(2)3)9-6-10-28(25)39(23)20-31(32,33)34/h6,9-10,15-16,18-19,21,35-36H,5,11-14,17,20H2,1-4H3/p+1. The van der Waals surface area contributed by atoms with Gasteiger partial charge in [-0.05, 0) is 67.1 Å². The molecule has 0 saturated heterocycles. The number of methoxy groups -OCH3 is 1. The fraction of sp³-hybridized carbons (Fsp3) is 0.419. The predicted molar refractivity (Wildman–Crippen MR) is 164 cm³/mol. The molecule has 1 aliphatic rings. The Bertz CT molecular complexity index is 1510. The third kappa shape index (κ3) is 8.16. The molecule has 0 atom stereocenters. The van der Waals surface area contributed by atoms with Gasteiger partial charge in [0, 0.05) is 41.3 Å². The van der Waals surface area contributed by atoms with E-state index in [0.29, 0.717) is 29.1 Å². The zero-order valence-electron chi connectivity index (χ0n) is 24.3. The van der Waals surface area contributed by atoms with Crippen LogP contribution in [0.3, 0.4) is 0 Å². The van der Waals surface area contributed by atoms with Gasteiger partial charge in [-0.2, -0.15) is 13.2 Å². The molecule has 0 radical (unpaired) electrons. The SMILES string of the molecule is CCC(=O)NSc1ccc(NCC#Cc2cc3c(NC4CCC(=[N+](C)C)CC4)cccc3n2CC(F)(F)F)c(OC)c1. The zero-order valence-corrected chi connectivity index (χ0v) is 25.1. The summed E-state index contributed by atoms with van der Waals surface area (Å²) in [5.41, 5.74) is 3.72. The van der Waals surface area contributed by atoms with E-state index in [-0.39, 0.29) is 18.5 Å². The van der Waals surface area contributed by atoms with Crippen LogP contribution in [0.5, 0.6) is 5.75 Å². The van der Waals surface area contributed by atoms with Crippen molar-refractivity contribution in [1.29, 1.82) is 0 Å². The number of ether oxygens (including phenoxy) is 1. The molecule has 1 aliphatic carbocycles. The molecule has 0 bridgehead atoms. The van der Waals surface area contributed by atoms with Crippen LogP contribution in [-0.2, 0) is 11.3 Å². The summed E-state index contributed by atoms with van der Waals surface area (Å²) < 4.78 is 52.4. The maximum atomic E-state index is 13.6. The van der Waals surface area contributed by atoms with Gasteiger partial charge in [0.25, 0.3) is 0 Å². The van der Waals surface area contributed by atoms with Crippen molar-refractivity contribution in [2.45, 2.75) is 62.7 Å². The van der Waals surface area contributed by atoms with Gasteiger partial charge in [0.1, 0.15) is 26.4 Å². The minimum Gasteiger partial charge on any atom is -0.495 e. The molecule has 1 fully saturated rings. The quantitative estimate of drug-likeness (QED) is 0.153. The van der Waals surface area contributed by atoms with Crippen molar-refractivity contribution in [3.8, 4) is 17.6 Å². The van der Waals surface area contributed by atoms with Crippen molar-refractivity contribution in [2.75, 3.05) is 38.4 Å². The van der Waals surface area contributed by atoms with Crippen LogP contribution in [0.4, 0.5) is 24.5 Å². The maximum absolute atomic E-state index is 13.6. The van der Waals surface area contributed by atoms with E-state index in [4.69, 9.17) is 4.74 Å². The summed E-state index contributed by atoms with van der Waals surface area (Å²) in [7, 11) is 5.67. The molecule has 7 nitrogen and oxygen atoms in total. The fourth-order valence-electron chi connectivity index (χ4n) is 4.97. The topological polar surface area (TPSA) is 70.3 Å². The third-order valence-corrected chi connectivity index (χ3v) is 8.02. The number of nitrogens with zero attached hydrogens (tertiary/aromatic N) is 2. The Morgan fingerprint density at radius 2 is 1.90 bits per heavy atom. The average Bonchev–Trinajstić information content (AvgIpc) is 3.31. The summed E-state index contributed by atoms with van der Waals surface area (Å²) >= 11 is 1.20. The van der Waals surface area contributed by atoms with Crippen LogP contribution in [0.1, 0.15) is 44.7 Å². The number of nitrogens with one attached hydrogen (secondary N) is 3. The lowest BCUT2D eigenvalue weighted by atomic mass is 9.93. The molecule has 3 N–H and O–H groups in total. The van der Waals surface area contributed by atoms with Crippen molar-refractivity contribution in [3.05, 3.63) is 48.2 Å². The highest BCUT2D eigenvalue weighted by atomic mass is 32.2. The molecule has 1 amide bonds. The van der Waals surface area contributed by atoms with Crippen LogP contribution in [0.25, 0.3) is 10.9 Å². The lowest BCUT2D eigenvalue weighted by Gasteiger charge is -2.24. The highest BCUT2D eigenvalue weighted by Gasteiger charge is 2.30. The van der Waals surface area contributed by atoms with Gasteiger partial charge in [0.15, 0.2) is 5.71 Å². The Hall–Kier alpha value is -3.78. The lowest BCUT2D eigenvalue weighted by molar-refractivity contribution is -0.467. The van der Waals surface area contributed by atoms with E-state index in [0.717, 1.165) is 41.7 Å². The maximum Gasteiger partial charge on any atom is 0.406 e. The van der Waals surface area contributed by atoms with Gasteiger partial charge in [0.05, 0.1) is 30.6 Å². The van der Waals surface area contributed by atoms with Crippen molar-refractivity contribution >= 4 is 45.8 Å². The second-order valence-corrected chi connectivity index (χ2v) is 11.2. The van der Waals surface area contributed by atoms with E-state index in [1.54, 1.807) is 38.3 Å². The molecule has 0 unspecified atom stereocenters. The Morgan fingerprint density at radius 3 is 2.57 bits per heavy atom. The monoisotopic (exact) mass is 600 g/mol. The second kappa shape index (κ2) is 13.9. The number of alkyl halides is 3. The molecular formula is C31H37F3N5O2S+. The number of halogens is 3. The number of anilines is 2. The van der Waals surface area contributed by atoms with E-state index >= 15 is 0 Å². The van der Waals surface area contributed by atoms with Gasteiger partial charge in [-0.1, -0.05) is 18.9 Å². The number of aromatic nitrogens is 1. The van der Waals surface area contributed by atoms with E-state index < -0.39 is 12.7 Å². The van der Waals surface area contributed by atoms with Crippen molar-refractivity contribution in [2.24, 2.45) is 0 Å². The molecule has 1 heterocycles. The third-order valence-electron chi connectivity index (χ3n) is 7.20. The fourth-order valence-corrected chi connectivity index (χ4v) is 5.65. The van der Waals surface area contributed by atoms with Gasteiger partial charge in [0.2, 0.25) is 5.91 Å². The molecule has 0 spiro atoms. The van der Waals surface area contributed by atoms with Gasteiger partial charge >= 0.3 is 6.18 Å². The highest BCUT2D eigenvalue weighted by molar-refractivity contribution is 7.98. The molecule has 1 saturated carbocycles. The van der Waals surface area contributed by atoms with Gasteiger partial charge in [-0.15, -0.1) is 0 Å². The predicted octanol–water partition coefficient (Wildman–Crippen LogP) is 6.28. The normalized spacial score (nSPS) is 15.1. The van der Waals surface area contributed by atoms with E-state index in [2.05, 4.69) is 45.9 Å². The van der Waals surface area contributed by atoms with E-state index in [1.807, 2.05) is 18.2 Å². The Morgan fingerprint density at radius 1 is 1.14 bits per heavy atom. The number of hydrogen-bond donors (Lipinski definition) is 3. The highest BCUT2D eigenvalue weighted by Crippen LogP contribution is 2.32. The summed E-state index contributed by atoms with van der Waals surface area (Å²) in [5, 5.41) is 7.49. The number of carbonyl (C=O) groups is 1. The number of amides is 1. The molecule has 42 heavy (non-hydrogen) atoms. The van der Waals surface area contributed by atoms with Gasteiger partial charge < -0.3 is 19.9 Å². The first-order chi connectivity index (χ1) is 20.1. The smallest absolute Gasteiger partial charge is 0.406 e. The molecule has 3 aromatic rings. The summed E-state index contributed by atoms with van der Waals surface area (Å²) in [4.78, 5) is 12.3. The Kier molecular flexibility index (Phi) is 10.3. The van der Waals surface area contributed by atoms with Crippen molar-refractivity contribution in [1.82, 2.24) is 9.29 Å². The first-order valence-electron chi connectivity index (χ1n) is 13.9. The van der Waals surface area contributed by atoms with Crippen LogP contribution < -0.4 is 20.1 Å². The first-order valence-corrected chi connectivity index (χ1v) is 14.7. The Labute approximate surface area is 249 Å². The molecule has 1 aromatic heterocycles. The molecule has 4 rings (SSSR count). The number of carbonyl (C=O) groups excluding carboxylic acids is 1. The molecule has 11 heteroatoms.